The molecule has 0 unspecified atom stereocenters. The quantitative estimate of drug-likeness (QED) is 0.576. The molecule has 0 aliphatic rings. The number of benzene rings is 1. The van der Waals surface area contributed by atoms with Gasteiger partial charge in [0.1, 0.15) is 5.76 Å². The molecule has 2 N–H and O–H groups in total. The second kappa shape index (κ2) is 4.34. The molecule has 0 atom stereocenters. The third-order valence-electron chi connectivity index (χ3n) is 2.21. The predicted molar refractivity (Wildman–Crippen MR) is 59.4 cm³/mol. The zero-order chi connectivity index (χ0) is 11.5. The Hall–Kier alpha value is -1.85. The van der Waals surface area contributed by atoms with E-state index in [0.717, 1.165) is 0 Å². The Labute approximate surface area is 92.3 Å². The van der Waals surface area contributed by atoms with Gasteiger partial charge in [-0.25, -0.2) is 0 Å². The fourth-order valence-corrected chi connectivity index (χ4v) is 1.42. The van der Waals surface area contributed by atoms with E-state index in [1.807, 2.05) is 0 Å². The van der Waals surface area contributed by atoms with Crippen LogP contribution in [0.25, 0.3) is 11.3 Å². The summed E-state index contributed by atoms with van der Waals surface area (Å²) in [5.41, 5.74) is 1.07. The Morgan fingerprint density at radius 1 is 1.19 bits per heavy atom. The first-order valence-corrected chi connectivity index (χ1v) is 4.72. The van der Waals surface area contributed by atoms with Crippen LogP contribution in [0.2, 0.25) is 0 Å². The van der Waals surface area contributed by atoms with Crippen LogP contribution in [0.5, 0.6) is 0 Å². The molecule has 5 heteroatoms. The normalized spacial score (nSPS) is 10.1. The first-order valence-electron chi connectivity index (χ1n) is 4.72. The van der Waals surface area contributed by atoms with Crippen LogP contribution in [-0.2, 0) is 0 Å². The monoisotopic (exact) mass is 216 g/mol. The zero-order valence-electron chi connectivity index (χ0n) is 8.33. The third-order valence-corrected chi connectivity index (χ3v) is 2.21. The average molecular weight is 216 g/mol. The smallest absolute Gasteiger partial charge is 0.453 e. The van der Waals surface area contributed by atoms with Crippen LogP contribution >= 0.6 is 0 Å². The molecular formula is C11H9BO4. The summed E-state index contributed by atoms with van der Waals surface area (Å²) in [6, 6.07) is 9.86. The molecule has 4 nitrogen and oxygen atoms in total. The lowest BCUT2D eigenvalue weighted by molar-refractivity contribution is 0.110. The Morgan fingerprint density at radius 3 is 2.62 bits per heavy atom. The van der Waals surface area contributed by atoms with Crippen molar-refractivity contribution in [2.75, 3.05) is 0 Å². The highest BCUT2D eigenvalue weighted by molar-refractivity contribution is 6.58. The van der Waals surface area contributed by atoms with Crippen molar-refractivity contribution in [2.24, 2.45) is 0 Å². The highest BCUT2D eigenvalue weighted by Gasteiger charge is 2.12. The Morgan fingerprint density at radius 2 is 2.00 bits per heavy atom. The van der Waals surface area contributed by atoms with E-state index < -0.39 is 7.12 Å². The van der Waals surface area contributed by atoms with Crippen LogP contribution < -0.4 is 5.46 Å². The number of hydrogen-bond acceptors (Lipinski definition) is 4. The van der Waals surface area contributed by atoms with Gasteiger partial charge in [-0.15, -0.1) is 0 Å². The fourth-order valence-electron chi connectivity index (χ4n) is 1.42. The molecule has 0 spiro atoms. The highest BCUT2D eigenvalue weighted by atomic mass is 16.4. The maximum absolute atomic E-state index is 10.5. The van der Waals surface area contributed by atoms with E-state index in [9.17, 15) is 4.79 Å². The van der Waals surface area contributed by atoms with Crippen LogP contribution in [0.3, 0.4) is 0 Å². The molecule has 1 aromatic carbocycles. The Kier molecular flexibility index (Phi) is 2.89. The molecular weight excluding hydrogens is 207 g/mol. The molecule has 0 amide bonds. The molecule has 80 valence electrons. The highest BCUT2D eigenvalue weighted by Crippen LogP contribution is 2.20. The molecule has 2 rings (SSSR count). The van der Waals surface area contributed by atoms with Gasteiger partial charge in [0.2, 0.25) is 0 Å². The minimum atomic E-state index is -1.51. The van der Waals surface area contributed by atoms with Gasteiger partial charge in [0.25, 0.3) is 0 Å². The van der Waals surface area contributed by atoms with Crippen molar-refractivity contribution in [3.63, 3.8) is 0 Å². The van der Waals surface area contributed by atoms with Gasteiger partial charge in [0.05, 0.1) is 0 Å². The van der Waals surface area contributed by atoms with E-state index in [2.05, 4.69) is 0 Å². The van der Waals surface area contributed by atoms with Gasteiger partial charge in [-0.05, 0) is 17.6 Å². The van der Waals surface area contributed by atoms with Crippen molar-refractivity contribution in [3.05, 3.63) is 42.2 Å². The summed E-state index contributed by atoms with van der Waals surface area (Å²) in [6.45, 7) is 0. The molecule has 0 aliphatic carbocycles. The van der Waals surface area contributed by atoms with E-state index in [1.165, 1.54) is 0 Å². The van der Waals surface area contributed by atoms with E-state index in [1.54, 1.807) is 36.4 Å². The third kappa shape index (κ3) is 2.05. The molecule has 1 aromatic heterocycles. The lowest BCUT2D eigenvalue weighted by Crippen LogP contribution is -2.29. The number of carbonyl (C=O) groups is 1. The second-order valence-corrected chi connectivity index (χ2v) is 3.32. The summed E-state index contributed by atoms with van der Waals surface area (Å²) in [6.07, 6.45) is 0.619. The first-order chi connectivity index (χ1) is 7.70. The average Bonchev–Trinajstić information content (AvgIpc) is 2.77. The largest absolute Gasteiger partial charge is 0.488 e. The number of aldehydes is 1. The first kappa shape index (κ1) is 10.7. The molecule has 0 fully saturated rings. The summed E-state index contributed by atoms with van der Waals surface area (Å²) in [5.74, 6) is 0.759. The summed E-state index contributed by atoms with van der Waals surface area (Å²) in [5, 5.41) is 18.0. The Balaban J connectivity index is 2.39. The molecule has 0 saturated heterocycles. The molecule has 1 heterocycles. The minimum Gasteiger partial charge on any atom is -0.453 e. The van der Waals surface area contributed by atoms with Crippen LogP contribution in [0.4, 0.5) is 0 Å². The van der Waals surface area contributed by atoms with Gasteiger partial charge in [0.15, 0.2) is 12.0 Å². The van der Waals surface area contributed by atoms with Crippen LogP contribution in [-0.4, -0.2) is 23.5 Å². The minimum absolute atomic E-state index is 0.241. The van der Waals surface area contributed by atoms with Gasteiger partial charge in [-0.3, -0.25) is 4.79 Å². The maximum atomic E-state index is 10.5. The number of hydrogen-bond donors (Lipinski definition) is 2. The van der Waals surface area contributed by atoms with Gasteiger partial charge < -0.3 is 14.5 Å². The Bertz CT molecular complexity index is 504. The molecule has 0 saturated carbocycles. The van der Waals surface area contributed by atoms with Gasteiger partial charge in [-0.2, -0.15) is 0 Å². The van der Waals surface area contributed by atoms with E-state index in [4.69, 9.17) is 14.5 Å². The van der Waals surface area contributed by atoms with E-state index in [-0.39, 0.29) is 5.76 Å². The molecule has 2 aromatic rings. The van der Waals surface area contributed by atoms with Crippen LogP contribution in [0.1, 0.15) is 10.6 Å². The maximum Gasteiger partial charge on any atom is 0.488 e. The summed E-state index contributed by atoms with van der Waals surface area (Å²) < 4.78 is 5.22. The van der Waals surface area contributed by atoms with E-state index >= 15 is 0 Å². The van der Waals surface area contributed by atoms with Crippen molar-refractivity contribution in [2.45, 2.75) is 0 Å². The lowest BCUT2D eigenvalue weighted by atomic mass is 9.79. The molecule has 16 heavy (non-hydrogen) atoms. The summed E-state index contributed by atoms with van der Waals surface area (Å²) >= 11 is 0. The topological polar surface area (TPSA) is 70.7 Å². The number of carbonyl (C=O) groups excluding carboxylic acids is 1. The lowest BCUT2D eigenvalue weighted by Gasteiger charge is -2.01. The SMILES string of the molecule is O=Cc1ccc(-c2cccc(B(O)O)c2)o1. The van der Waals surface area contributed by atoms with E-state index in [0.29, 0.717) is 23.1 Å². The number of rotatable bonds is 3. The molecule has 0 radical (unpaired) electrons. The second-order valence-electron chi connectivity index (χ2n) is 3.32. The van der Waals surface area contributed by atoms with Crippen molar-refractivity contribution >= 4 is 18.9 Å². The van der Waals surface area contributed by atoms with Crippen molar-refractivity contribution in [3.8, 4) is 11.3 Å². The molecule has 0 aliphatic heterocycles. The van der Waals surface area contributed by atoms with Gasteiger partial charge in [0, 0.05) is 5.56 Å². The van der Waals surface area contributed by atoms with Crippen molar-refractivity contribution in [1.82, 2.24) is 0 Å². The van der Waals surface area contributed by atoms with Gasteiger partial charge >= 0.3 is 7.12 Å². The number of furan rings is 1. The van der Waals surface area contributed by atoms with Crippen LogP contribution in [0.15, 0.2) is 40.8 Å². The molecule has 0 bridgehead atoms. The fraction of sp³-hybridized carbons (Fsp3) is 0. The standard InChI is InChI=1S/C11H9BO4/c13-7-10-4-5-11(16-10)8-2-1-3-9(6-8)12(14)15/h1-7,14-15H. The predicted octanol–water partition coefficient (Wildman–Crippen LogP) is 0.439. The van der Waals surface area contributed by atoms with Crippen molar-refractivity contribution in [1.29, 1.82) is 0 Å². The van der Waals surface area contributed by atoms with Crippen LogP contribution in [0, 0.1) is 0 Å². The zero-order valence-corrected chi connectivity index (χ0v) is 8.33. The summed E-state index contributed by atoms with van der Waals surface area (Å²) in [4.78, 5) is 10.5. The van der Waals surface area contributed by atoms with Gasteiger partial charge in [-0.1, -0.05) is 24.3 Å². The van der Waals surface area contributed by atoms with Crippen molar-refractivity contribution < 1.29 is 19.3 Å². The summed E-state index contributed by atoms with van der Waals surface area (Å²) in [7, 11) is -1.51.